The number of aromatic hydroxyl groups is 1. The maximum absolute atomic E-state index is 12.8. The van der Waals surface area contributed by atoms with E-state index < -0.39 is 11.7 Å². The Morgan fingerprint density at radius 2 is 2.39 bits per heavy atom. The third-order valence-corrected chi connectivity index (χ3v) is 3.24. The van der Waals surface area contributed by atoms with E-state index in [9.17, 15) is 14.3 Å². The molecule has 0 aliphatic carbocycles. The van der Waals surface area contributed by atoms with Gasteiger partial charge in [-0.2, -0.15) is 0 Å². The zero-order valence-corrected chi connectivity index (χ0v) is 10.1. The summed E-state index contributed by atoms with van der Waals surface area (Å²) < 4.78 is 18.1. The lowest BCUT2D eigenvalue weighted by Crippen LogP contribution is -2.38. The van der Waals surface area contributed by atoms with Gasteiger partial charge in [-0.1, -0.05) is 0 Å². The minimum atomic E-state index is -0.568. The van der Waals surface area contributed by atoms with Crippen molar-refractivity contribution in [2.45, 2.75) is 19.4 Å². The highest BCUT2D eigenvalue weighted by Crippen LogP contribution is 2.20. The first-order chi connectivity index (χ1) is 8.58. The van der Waals surface area contributed by atoms with E-state index in [4.69, 9.17) is 4.74 Å². The molecule has 0 bridgehead atoms. The van der Waals surface area contributed by atoms with Gasteiger partial charge >= 0.3 is 0 Å². The summed E-state index contributed by atoms with van der Waals surface area (Å²) in [5.41, 5.74) is 0.0853. The van der Waals surface area contributed by atoms with E-state index in [0.29, 0.717) is 13.2 Å². The summed E-state index contributed by atoms with van der Waals surface area (Å²) in [5, 5.41) is 12.3. The van der Waals surface area contributed by atoms with Crippen molar-refractivity contribution in [3.05, 3.63) is 29.6 Å². The van der Waals surface area contributed by atoms with Gasteiger partial charge in [0.1, 0.15) is 11.6 Å². The molecular weight excluding hydrogens is 237 g/mol. The highest BCUT2D eigenvalue weighted by atomic mass is 19.1. The summed E-state index contributed by atoms with van der Waals surface area (Å²) in [7, 11) is 0. The van der Waals surface area contributed by atoms with Gasteiger partial charge in [0.25, 0.3) is 5.91 Å². The van der Waals surface area contributed by atoms with Crippen LogP contribution in [0, 0.1) is 11.7 Å². The van der Waals surface area contributed by atoms with Crippen molar-refractivity contribution in [2.24, 2.45) is 5.92 Å². The Bertz CT molecular complexity index is 444. The van der Waals surface area contributed by atoms with Crippen LogP contribution in [0.5, 0.6) is 5.75 Å². The zero-order chi connectivity index (χ0) is 13.1. The quantitative estimate of drug-likeness (QED) is 0.861. The predicted octanol–water partition coefficient (Wildman–Crippen LogP) is 1.69. The minimum Gasteiger partial charge on any atom is -0.507 e. The molecule has 2 unspecified atom stereocenters. The second-order valence-corrected chi connectivity index (χ2v) is 4.55. The van der Waals surface area contributed by atoms with Crippen molar-refractivity contribution in [3.8, 4) is 5.75 Å². The molecule has 1 aliphatic heterocycles. The van der Waals surface area contributed by atoms with Crippen molar-refractivity contribution in [1.82, 2.24) is 5.32 Å². The fraction of sp³-hybridized carbons (Fsp3) is 0.462. The number of ether oxygens (including phenoxy) is 1. The molecule has 18 heavy (non-hydrogen) atoms. The van der Waals surface area contributed by atoms with Gasteiger partial charge < -0.3 is 15.2 Å². The molecule has 98 valence electrons. The monoisotopic (exact) mass is 253 g/mol. The summed E-state index contributed by atoms with van der Waals surface area (Å²) in [6.45, 7) is 3.25. The van der Waals surface area contributed by atoms with Gasteiger partial charge in [0, 0.05) is 24.6 Å². The normalized spacial score (nSPS) is 20.7. The largest absolute Gasteiger partial charge is 0.507 e. The number of halogens is 1. The van der Waals surface area contributed by atoms with Crippen molar-refractivity contribution < 1.29 is 19.0 Å². The van der Waals surface area contributed by atoms with E-state index in [2.05, 4.69) is 5.32 Å². The van der Waals surface area contributed by atoms with E-state index in [1.165, 1.54) is 6.07 Å². The molecule has 0 spiro atoms. The fourth-order valence-electron chi connectivity index (χ4n) is 2.05. The van der Waals surface area contributed by atoms with Crippen LogP contribution < -0.4 is 5.32 Å². The molecule has 1 heterocycles. The molecule has 0 aromatic heterocycles. The Balaban J connectivity index is 2.02. The highest BCUT2D eigenvalue weighted by Gasteiger charge is 2.24. The van der Waals surface area contributed by atoms with Crippen molar-refractivity contribution in [3.63, 3.8) is 0 Å². The molecule has 1 aromatic rings. The Labute approximate surface area is 105 Å². The van der Waals surface area contributed by atoms with E-state index >= 15 is 0 Å². The number of hydrogen-bond donors (Lipinski definition) is 2. The average Bonchev–Trinajstić information content (AvgIpc) is 2.81. The Kier molecular flexibility index (Phi) is 3.81. The molecule has 1 aromatic carbocycles. The first kappa shape index (κ1) is 12.8. The molecule has 0 radical (unpaired) electrons. The van der Waals surface area contributed by atoms with Gasteiger partial charge in [0.05, 0.1) is 12.2 Å². The van der Waals surface area contributed by atoms with Gasteiger partial charge in [-0.05, 0) is 25.5 Å². The van der Waals surface area contributed by atoms with Crippen LogP contribution in [-0.4, -0.2) is 30.3 Å². The molecule has 1 aliphatic rings. The van der Waals surface area contributed by atoms with E-state index in [1.54, 1.807) is 0 Å². The van der Waals surface area contributed by atoms with Crippen LogP contribution in [-0.2, 0) is 4.74 Å². The molecular formula is C13H16FNO3. The fourth-order valence-corrected chi connectivity index (χ4v) is 2.05. The Hall–Kier alpha value is -1.62. The van der Waals surface area contributed by atoms with Crippen molar-refractivity contribution >= 4 is 5.91 Å². The molecule has 5 heteroatoms. The van der Waals surface area contributed by atoms with Crippen LogP contribution in [0.4, 0.5) is 4.39 Å². The van der Waals surface area contributed by atoms with Gasteiger partial charge in [0.15, 0.2) is 0 Å². The number of rotatable bonds is 3. The number of benzene rings is 1. The molecule has 2 N–H and O–H groups in total. The lowest BCUT2D eigenvalue weighted by Gasteiger charge is -2.19. The summed E-state index contributed by atoms with van der Waals surface area (Å²) in [4.78, 5) is 11.9. The number of nitrogens with one attached hydrogen (secondary N) is 1. The highest BCUT2D eigenvalue weighted by molar-refractivity contribution is 5.96. The second kappa shape index (κ2) is 5.35. The summed E-state index contributed by atoms with van der Waals surface area (Å²) in [6.07, 6.45) is 0.914. The second-order valence-electron chi connectivity index (χ2n) is 4.55. The Morgan fingerprint density at radius 3 is 3.00 bits per heavy atom. The smallest absolute Gasteiger partial charge is 0.255 e. The zero-order valence-electron chi connectivity index (χ0n) is 10.1. The van der Waals surface area contributed by atoms with Gasteiger partial charge in [0.2, 0.25) is 0 Å². The lowest BCUT2D eigenvalue weighted by atomic mass is 10.0. The van der Waals surface area contributed by atoms with Crippen LogP contribution in [0.3, 0.4) is 0 Å². The summed E-state index contributed by atoms with van der Waals surface area (Å²) >= 11 is 0. The molecule has 2 rings (SSSR count). The third kappa shape index (κ3) is 2.79. The predicted molar refractivity (Wildman–Crippen MR) is 63.9 cm³/mol. The number of carbonyl (C=O) groups is 1. The number of phenolic OH excluding ortho intramolecular Hbond substituents is 1. The van der Waals surface area contributed by atoms with Gasteiger partial charge in [-0.3, -0.25) is 4.79 Å². The SMILES string of the molecule is CC(NC(=O)c1ccc(F)cc1O)C1CCOC1. The number of carbonyl (C=O) groups excluding carboxylic acids is 1. The maximum Gasteiger partial charge on any atom is 0.255 e. The Morgan fingerprint density at radius 1 is 1.61 bits per heavy atom. The standard InChI is InChI=1S/C13H16FNO3/c1-8(9-4-5-18-7-9)15-13(17)11-3-2-10(14)6-12(11)16/h2-3,6,8-9,16H,4-5,7H2,1H3,(H,15,17). The average molecular weight is 253 g/mol. The molecule has 1 amide bonds. The van der Waals surface area contributed by atoms with E-state index in [0.717, 1.165) is 18.6 Å². The molecule has 1 saturated heterocycles. The van der Waals surface area contributed by atoms with E-state index in [-0.39, 0.29) is 23.3 Å². The van der Waals surface area contributed by atoms with Crippen LogP contribution in [0.2, 0.25) is 0 Å². The summed E-state index contributed by atoms with van der Waals surface area (Å²) in [5.74, 6) is -1.02. The lowest BCUT2D eigenvalue weighted by molar-refractivity contribution is 0.0919. The van der Waals surface area contributed by atoms with E-state index in [1.807, 2.05) is 6.92 Å². The van der Waals surface area contributed by atoms with Crippen LogP contribution >= 0.6 is 0 Å². The number of hydrogen-bond acceptors (Lipinski definition) is 3. The summed E-state index contributed by atoms with van der Waals surface area (Å²) in [6, 6.07) is 3.32. The van der Waals surface area contributed by atoms with Gasteiger partial charge in [-0.25, -0.2) is 4.39 Å². The third-order valence-electron chi connectivity index (χ3n) is 3.24. The molecule has 2 atom stereocenters. The van der Waals surface area contributed by atoms with Crippen LogP contribution in [0.25, 0.3) is 0 Å². The molecule has 0 saturated carbocycles. The maximum atomic E-state index is 12.8. The molecule has 4 nitrogen and oxygen atoms in total. The number of phenols is 1. The number of amides is 1. The first-order valence-corrected chi connectivity index (χ1v) is 5.95. The van der Waals surface area contributed by atoms with Gasteiger partial charge in [-0.15, -0.1) is 0 Å². The van der Waals surface area contributed by atoms with Crippen molar-refractivity contribution in [1.29, 1.82) is 0 Å². The molecule has 1 fully saturated rings. The van der Waals surface area contributed by atoms with Crippen LogP contribution in [0.1, 0.15) is 23.7 Å². The van der Waals surface area contributed by atoms with Crippen molar-refractivity contribution in [2.75, 3.05) is 13.2 Å². The topological polar surface area (TPSA) is 58.6 Å². The first-order valence-electron chi connectivity index (χ1n) is 5.95. The van der Waals surface area contributed by atoms with Crippen LogP contribution in [0.15, 0.2) is 18.2 Å². The minimum absolute atomic E-state index is 0.0375.